The van der Waals surface area contributed by atoms with Crippen molar-refractivity contribution in [2.24, 2.45) is 0 Å². The molecule has 0 radical (unpaired) electrons. The van der Waals surface area contributed by atoms with Gasteiger partial charge in [-0.05, 0) is 48.2 Å². The van der Waals surface area contributed by atoms with E-state index in [-0.39, 0.29) is 5.91 Å². The number of nitrogens with one attached hydrogen (secondary N) is 1. The maximum Gasteiger partial charge on any atom is 0.242 e. The van der Waals surface area contributed by atoms with Crippen LogP contribution < -0.4 is 5.32 Å². The van der Waals surface area contributed by atoms with E-state index in [4.69, 9.17) is 11.6 Å². The van der Waals surface area contributed by atoms with E-state index in [1.165, 1.54) is 11.1 Å². The van der Waals surface area contributed by atoms with Crippen LogP contribution >= 0.6 is 11.6 Å². The summed E-state index contributed by atoms with van der Waals surface area (Å²) in [5.74, 6) is 0.129. The molecule has 0 spiro atoms. The zero-order valence-corrected chi connectivity index (χ0v) is 13.4. The molecular weight excluding hydrogens is 296 g/mol. The van der Waals surface area contributed by atoms with E-state index in [0.29, 0.717) is 18.1 Å². The molecule has 114 valence electrons. The average Bonchev–Trinajstić information content (AvgIpc) is 2.53. The normalized spacial score (nSPS) is 13.6. The number of anilines is 1. The van der Waals surface area contributed by atoms with Crippen LogP contribution in [0.1, 0.15) is 16.7 Å². The topological polar surface area (TPSA) is 32.3 Å². The van der Waals surface area contributed by atoms with Crippen molar-refractivity contribution in [1.82, 2.24) is 4.90 Å². The minimum absolute atomic E-state index is 0.129. The third kappa shape index (κ3) is 3.25. The maximum atomic E-state index is 12.4. The minimum Gasteiger partial charge on any atom is -0.376 e. The van der Waals surface area contributed by atoms with Crippen LogP contribution in [0.2, 0.25) is 5.02 Å². The second kappa shape index (κ2) is 6.41. The Morgan fingerprint density at radius 1 is 1.23 bits per heavy atom. The highest BCUT2D eigenvalue weighted by Gasteiger charge is 2.19. The summed E-state index contributed by atoms with van der Waals surface area (Å²) in [5.41, 5.74) is 4.61. The van der Waals surface area contributed by atoms with E-state index in [9.17, 15) is 4.79 Å². The van der Waals surface area contributed by atoms with Gasteiger partial charge in [0.1, 0.15) is 0 Å². The fraction of sp³-hybridized carbons (Fsp3) is 0.278. The highest BCUT2D eigenvalue weighted by atomic mass is 35.5. The number of fused-ring (bicyclic) bond motifs is 1. The Kier molecular flexibility index (Phi) is 4.34. The van der Waals surface area contributed by atoms with Crippen LogP contribution in [0.15, 0.2) is 42.5 Å². The molecule has 1 N–H and O–H groups in total. The summed E-state index contributed by atoms with van der Waals surface area (Å²) >= 11 is 5.95. The van der Waals surface area contributed by atoms with E-state index in [1.54, 1.807) is 0 Å². The largest absolute Gasteiger partial charge is 0.376 e. The van der Waals surface area contributed by atoms with Gasteiger partial charge in [0.2, 0.25) is 5.91 Å². The van der Waals surface area contributed by atoms with Gasteiger partial charge in [-0.25, -0.2) is 0 Å². The molecule has 3 nitrogen and oxygen atoms in total. The van der Waals surface area contributed by atoms with E-state index in [2.05, 4.69) is 23.5 Å². The Bertz CT molecular complexity index is 699. The second-order valence-corrected chi connectivity index (χ2v) is 6.08. The molecular formula is C18H19ClN2O. The Balaban J connectivity index is 1.61. The predicted octanol–water partition coefficient (Wildman–Crippen LogP) is 3.65. The Labute approximate surface area is 135 Å². The number of halogens is 1. The lowest BCUT2D eigenvalue weighted by Crippen LogP contribution is -2.39. The van der Waals surface area contributed by atoms with E-state index in [0.717, 1.165) is 24.2 Å². The van der Waals surface area contributed by atoms with Gasteiger partial charge in [0.15, 0.2) is 0 Å². The Hall–Kier alpha value is -2.00. The molecule has 22 heavy (non-hydrogen) atoms. The van der Waals surface area contributed by atoms with Gasteiger partial charge in [0, 0.05) is 23.8 Å². The van der Waals surface area contributed by atoms with Crippen molar-refractivity contribution in [3.05, 3.63) is 64.2 Å². The summed E-state index contributed by atoms with van der Waals surface area (Å²) in [6.07, 6.45) is 0.932. The number of benzene rings is 2. The van der Waals surface area contributed by atoms with Crippen LogP contribution in [-0.4, -0.2) is 23.9 Å². The lowest BCUT2D eigenvalue weighted by molar-refractivity contribution is -0.130. The third-order valence-electron chi connectivity index (χ3n) is 4.10. The van der Waals surface area contributed by atoms with Crippen molar-refractivity contribution in [2.75, 3.05) is 18.4 Å². The highest BCUT2D eigenvalue weighted by Crippen LogP contribution is 2.21. The first kappa shape index (κ1) is 14.9. The number of nitrogens with zero attached hydrogens (tertiary/aromatic N) is 1. The highest BCUT2D eigenvalue weighted by molar-refractivity contribution is 6.30. The monoisotopic (exact) mass is 314 g/mol. The quantitative estimate of drug-likeness (QED) is 0.938. The Morgan fingerprint density at radius 2 is 2.00 bits per heavy atom. The standard InChI is InChI=1S/C18H19ClN2O/c1-13-10-16(19)6-7-17(13)20-11-18(22)21-9-8-14-4-2-3-5-15(14)12-21/h2-7,10,20H,8-9,11-12H2,1H3. The van der Waals surface area contributed by atoms with E-state index < -0.39 is 0 Å². The van der Waals surface area contributed by atoms with Crippen LogP contribution in [0, 0.1) is 6.92 Å². The lowest BCUT2D eigenvalue weighted by Gasteiger charge is -2.29. The van der Waals surface area contributed by atoms with Crippen molar-refractivity contribution in [3.63, 3.8) is 0 Å². The molecule has 1 amide bonds. The number of rotatable bonds is 3. The van der Waals surface area contributed by atoms with E-state index in [1.807, 2.05) is 36.1 Å². The first-order valence-electron chi connectivity index (χ1n) is 7.48. The van der Waals surface area contributed by atoms with Gasteiger partial charge in [0.05, 0.1) is 6.54 Å². The molecule has 0 bridgehead atoms. The number of carbonyl (C=O) groups is 1. The van der Waals surface area contributed by atoms with Crippen LogP contribution in [0.5, 0.6) is 0 Å². The smallest absolute Gasteiger partial charge is 0.242 e. The first-order chi connectivity index (χ1) is 10.6. The minimum atomic E-state index is 0.129. The van der Waals surface area contributed by atoms with Crippen molar-refractivity contribution >= 4 is 23.2 Å². The zero-order valence-electron chi connectivity index (χ0n) is 12.6. The van der Waals surface area contributed by atoms with Crippen molar-refractivity contribution in [3.8, 4) is 0 Å². The molecule has 0 unspecified atom stereocenters. The zero-order chi connectivity index (χ0) is 15.5. The molecule has 2 aromatic carbocycles. The number of carbonyl (C=O) groups excluding carboxylic acids is 1. The van der Waals surface area contributed by atoms with Gasteiger partial charge in [-0.1, -0.05) is 35.9 Å². The maximum absolute atomic E-state index is 12.4. The number of amides is 1. The fourth-order valence-corrected chi connectivity index (χ4v) is 3.04. The molecule has 1 aliphatic rings. The van der Waals surface area contributed by atoms with Crippen LogP contribution in [0.4, 0.5) is 5.69 Å². The van der Waals surface area contributed by atoms with Gasteiger partial charge in [-0.3, -0.25) is 4.79 Å². The summed E-state index contributed by atoms with van der Waals surface area (Å²) in [6.45, 7) is 3.79. The number of hydrogen-bond acceptors (Lipinski definition) is 2. The van der Waals surface area contributed by atoms with Crippen LogP contribution in [0.3, 0.4) is 0 Å². The lowest BCUT2D eigenvalue weighted by atomic mass is 10.00. The average molecular weight is 315 g/mol. The second-order valence-electron chi connectivity index (χ2n) is 5.65. The van der Waals surface area contributed by atoms with Crippen molar-refractivity contribution in [1.29, 1.82) is 0 Å². The summed E-state index contributed by atoms with van der Waals surface area (Å²) in [4.78, 5) is 14.3. The van der Waals surface area contributed by atoms with Crippen molar-refractivity contribution < 1.29 is 4.79 Å². The molecule has 3 rings (SSSR count). The van der Waals surface area contributed by atoms with Crippen LogP contribution in [0.25, 0.3) is 0 Å². The van der Waals surface area contributed by atoms with E-state index >= 15 is 0 Å². The van der Waals surface area contributed by atoms with Crippen LogP contribution in [-0.2, 0) is 17.8 Å². The molecule has 1 heterocycles. The summed E-state index contributed by atoms with van der Waals surface area (Å²) in [7, 11) is 0. The van der Waals surface area contributed by atoms with Gasteiger partial charge >= 0.3 is 0 Å². The molecule has 4 heteroatoms. The summed E-state index contributed by atoms with van der Waals surface area (Å²) in [6, 6.07) is 14.0. The molecule has 0 saturated heterocycles. The third-order valence-corrected chi connectivity index (χ3v) is 4.34. The molecule has 0 saturated carbocycles. The summed E-state index contributed by atoms with van der Waals surface area (Å²) < 4.78 is 0. The fourth-order valence-electron chi connectivity index (χ4n) is 2.82. The van der Waals surface area contributed by atoms with Crippen molar-refractivity contribution in [2.45, 2.75) is 19.9 Å². The molecule has 0 atom stereocenters. The van der Waals surface area contributed by atoms with Gasteiger partial charge in [0.25, 0.3) is 0 Å². The number of aryl methyl sites for hydroxylation is 1. The molecule has 0 aromatic heterocycles. The summed E-state index contributed by atoms with van der Waals surface area (Å²) in [5, 5.41) is 3.92. The Morgan fingerprint density at radius 3 is 2.77 bits per heavy atom. The predicted molar refractivity (Wildman–Crippen MR) is 90.2 cm³/mol. The van der Waals surface area contributed by atoms with Gasteiger partial charge in [-0.15, -0.1) is 0 Å². The first-order valence-corrected chi connectivity index (χ1v) is 7.86. The van der Waals surface area contributed by atoms with Gasteiger partial charge < -0.3 is 10.2 Å². The SMILES string of the molecule is Cc1cc(Cl)ccc1NCC(=O)N1CCc2ccccc2C1. The van der Waals surface area contributed by atoms with Gasteiger partial charge in [-0.2, -0.15) is 0 Å². The molecule has 2 aromatic rings. The molecule has 0 aliphatic carbocycles. The molecule has 1 aliphatic heterocycles. The number of hydrogen-bond donors (Lipinski definition) is 1. The molecule has 0 fully saturated rings.